The largest absolute Gasteiger partial charge is 0.339 e. The van der Waals surface area contributed by atoms with Gasteiger partial charge in [-0.05, 0) is 18.4 Å². The molecule has 3 rings (SSSR count). The average molecular weight is 219 g/mol. The third kappa shape index (κ3) is 1.13. The molecule has 15 heavy (non-hydrogen) atoms. The van der Waals surface area contributed by atoms with Gasteiger partial charge in [-0.3, -0.25) is 9.89 Å². The van der Waals surface area contributed by atoms with Crippen molar-refractivity contribution in [3.8, 4) is 0 Å². The minimum Gasteiger partial charge on any atom is -0.339 e. The summed E-state index contributed by atoms with van der Waals surface area (Å²) in [6, 6.07) is 3.99. The van der Waals surface area contributed by atoms with Crippen molar-refractivity contribution in [2.45, 2.75) is 13.0 Å². The van der Waals surface area contributed by atoms with Gasteiger partial charge in [0.25, 0.3) is 5.91 Å². The van der Waals surface area contributed by atoms with E-state index in [1.807, 2.05) is 24.4 Å². The van der Waals surface area contributed by atoms with Gasteiger partial charge in [-0.2, -0.15) is 5.10 Å². The number of fused-ring (bicyclic) bond motifs is 1. The highest BCUT2D eigenvalue weighted by molar-refractivity contribution is 7.10. The minimum atomic E-state index is -0.0900. The van der Waals surface area contributed by atoms with Crippen molar-refractivity contribution in [2.75, 3.05) is 0 Å². The van der Waals surface area contributed by atoms with E-state index in [-0.39, 0.29) is 11.9 Å². The summed E-state index contributed by atoms with van der Waals surface area (Å²) in [6.45, 7) is 1.94. The molecule has 1 atom stereocenters. The molecule has 0 radical (unpaired) electrons. The van der Waals surface area contributed by atoms with Crippen LogP contribution in [0.25, 0.3) is 0 Å². The summed E-state index contributed by atoms with van der Waals surface area (Å²) in [7, 11) is 0. The first kappa shape index (κ1) is 8.67. The van der Waals surface area contributed by atoms with E-state index in [9.17, 15) is 4.79 Å². The molecule has 3 heterocycles. The Morgan fingerprint density at radius 1 is 1.53 bits per heavy atom. The quantitative estimate of drug-likeness (QED) is 0.765. The zero-order chi connectivity index (χ0) is 10.4. The molecule has 0 spiro atoms. The second-order valence-corrected chi connectivity index (χ2v) is 4.51. The molecule has 0 bridgehead atoms. The van der Waals surface area contributed by atoms with Gasteiger partial charge in [0.2, 0.25) is 0 Å². The highest BCUT2D eigenvalue weighted by Crippen LogP contribution is 2.33. The maximum absolute atomic E-state index is 11.6. The number of carbonyl (C=O) groups is 1. The summed E-state index contributed by atoms with van der Waals surface area (Å²) in [5.41, 5.74) is 2.48. The first-order valence-corrected chi connectivity index (χ1v) is 5.54. The molecule has 76 valence electrons. The van der Waals surface area contributed by atoms with Crippen molar-refractivity contribution in [2.24, 2.45) is 0 Å². The van der Waals surface area contributed by atoms with Gasteiger partial charge in [-0.25, -0.2) is 0 Å². The number of amides is 1. The number of hydrogen-bond acceptors (Lipinski definition) is 3. The van der Waals surface area contributed by atoms with E-state index in [0.29, 0.717) is 5.69 Å². The number of nitrogens with zero attached hydrogens (tertiary/aromatic N) is 1. The van der Waals surface area contributed by atoms with E-state index in [1.54, 1.807) is 11.3 Å². The van der Waals surface area contributed by atoms with Gasteiger partial charge in [0.15, 0.2) is 5.69 Å². The Hall–Kier alpha value is -1.62. The Balaban J connectivity index is 2.15. The van der Waals surface area contributed by atoms with Crippen LogP contribution >= 0.6 is 11.3 Å². The van der Waals surface area contributed by atoms with Crippen LogP contribution < -0.4 is 5.32 Å². The average Bonchev–Trinajstić information content (AvgIpc) is 2.86. The predicted octanol–water partition coefficient (Wildman–Crippen LogP) is 1.61. The van der Waals surface area contributed by atoms with Crippen LogP contribution in [0.3, 0.4) is 0 Å². The standard InChI is InChI=1S/C10H9N3OS/c1-5-7-8(6-3-2-4-15-6)11-10(14)9(7)13-12-5/h2-4,8H,1H3,(H,11,14)(H,12,13). The van der Waals surface area contributed by atoms with E-state index in [0.717, 1.165) is 16.1 Å². The van der Waals surface area contributed by atoms with Gasteiger partial charge in [0.1, 0.15) is 0 Å². The number of aromatic amines is 1. The molecule has 1 unspecified atom stereocenters. The molecule has 2 aromatic rings. The SMILES string of the molecule is Cc1[nH]nc2c1C(c1cccs1)NC2=O. The van der Waals surface area contributed by atoms with Crippen LogP contribution in [0.1, 0.15) is 32.7 Å². The van der Waals surface area contributed by atoms with E-state index in [1.165, 1.54) is 0 Å². The number of nitrogens with one attached hydrogen (secondary N) is 2. The molecule has 5 heteroatoms. The van der Waals surface area contributed by atoms with Crippen LogP contribution in [0.4, 0.5) is 0 Å². The normalized spacial score (nSPS) is 19.0. The summed E-state index contributed by atoms with van der Waals surface area (Å²) in [4.78, 5) is 12.7. The monoisotopic (exact) mass is 219 g/mol. The molecule has 0 saturated carbocycles. The van der Waals surface area contributed by atoms with Gasteiger partial charge in [-0.15, -0.1) is 11.3 Å². The molecule has 0 fully saturated rings. The third-order valence-corrected chi connectivity index (χ3v) is 3.54. The molecule has 1 amide bonds. The zero-order valence-electron chi connectivity index (χ0n) is 8.07. The summed E-state index contributed by atoms with van der Waals surface area (Å²) >= 11 is 1.64. The minimum absolute atomic E-state index is 0.0220. The Labute approximate surface area is 90.3 Å². The number of aromatic nitrogens is 2. The van der Waals surface area contributed by atoms with Crippen molar-refractivity contribution in [1.82, 2.24) is 15.5 Å². The Bertz CT molecular complexity index is 515. The summed E-state index contributed by atoms with van der Waals surface area (Å²) < 4.78 is 0. The van der Waals surface area contributed by atoms with Gasteiger partial charge in [0.05, 0.1) is 6.04 Å². The van der Waals surface area contributed by atoms with E-state index >= 15 is 0 Å². The smallest absolute Gasteiger partial charge is 0.272 e. The number of H-pyrrole nitrogens is 1. The van der Waals surface area contributed by atoms with Crippen LogP contribution in [0.2, 0.25) is 0 Å². The van der Waals surface area contributed by atoms with Crippen LogP contribution in [-0.4, -0.2) is 16.1 Å². The summed E-state index contributed by atoms with van der Waals surface area (Å²) in [6.07, 6.45) is 0. The maximum atomic E-state index is 11.6. The predicted molar refractivity (Wildman–Crippen MR) is 57.0 cm³/mol. The van der Waals surface area contributed by atoms with Crippen LogP contribution in [0.15, 0.2) is 17.5 Å². The van der Waals surface area contributed by atoms with E-state index in [2.05, 4.69) is 15.5 Å². The first-order chi connectivity index (χ1) is 7.27. The Morgan fingerprint density at radius 2 is 2.40 bits per heavy atom. The molecular weight excluding hydrogens is 210 g/mol. The molecule has 2 N–H and O–H groups in total. The second kappa shape index (κ2) is 2.93. The number of hydrogen-bond donors (Lipinski definition) is 2. The van der Waals surface area contributed by atoms with Crippen molar-refractivity contribution >= 4 is 17.2 Å². The lowest BCUT2D eigenvalue weighted by atomic mass is 10.1. The molecule has 4 nitrogen and oxygen atoms in total. The Morgan fingerprint density at radius 3 is 3.13 bits per heavy atom. The maximum Gasteiger partial charge on any atom is 0.272 e. The molecule has 0 aromatic carbocycles. The van der Waals surface area contributed by atoms with Crippen molar-refractivity contribution < 1.29 is 4.79 Å². The number of aryl methyl sites for hydroxylation is 1. The molecule has 1 aliphatic heterocycles. The third-order valence-electron chi connectivity index (χ3n) is 2.60. The number of carbonyl (C=O) groups excluding carboxylic acids is 1. The molecule has 0 aliphatic carbocycles. The molecule has 0 saturated heterocycles. The van der Waals surface area contributed by atoms with Gasteiger partial charge < -0.3 is 5.32 Å². The number of thiophene rings is 1. The molecule has 1 aliphatic rings. The van der Waals surface area contributed by atoms with Gasteiger partial charge in [0, 0.05) is 16.1 Å². The van der Waals surface area contributed by atoms with Crippen LogP contribution in [0.5, 0.6) is 0 Å². The van der Waals surface area contributed by atoms with E-state index in [4.69, 9.17) is 0 Å². The van der Waals surface area contributed by atoms with Crippen molar-refractivity contribution in [3.63, 3.8) is 0 Å². The fraction of sp³-hybridized carbons (Fsp3) is 0.200. The highest BCUT2D eigenvalue weighted by atomic mass is 32.1. The van der Waals surface area contributed by atoms with Gasteiger partial charge in [-0.1, -0.05) is 6.07 Å². The molecular formula is C10H9N3OS. The van der Waals surface area contributed by atoms with Gasteiger partial charge >= 0.3 is 0 Å². The van der Waals surface area contributed by atoms with Crippen LogP contribution in [0, 0.1) is 6.92 Å². The lowest BCUT2D eigenvalue weighted by molar-refractivity contribution is 0.0956. The van der Waals surface area contributed by atoms with Crippen LogP contribution in [-0.2, 0) is 0 Å². The summed E-state index contributed by atoms with van der Waals surface area (Å²) in [5, 5.41) is 11.8. The molecule has 2 aromatic heterocycles. The Kier molecular flexibility index (Phi) is 1.70. The van der Waals surface area contributed by atoms with E-state index < -0.39 is 0 Å². The lowest BCUT2D eigenvalue weighted by Gasteiger charge is -2.08. The van der Waals surface area contributed by atoms with Crippen molar-refractivity contribution in [1.29, 1.82) is 0 Å². The summed E-state index contributed by atoms with van der Waals surface area (Å²) in [5.74, 6) is -0.0900. The van der Waals surface area contributed by atoms with Crippen molar-refractivity contribution in [3.05, 3.63) is 39.3 Å². The topological polar surface area (TPSA) is 57.8 Å². The number of rotatable bonds is 1. The zero-order valence-corrected chi connectivity index (χ0v) is 8.89. The lowest BCUT2D eigenvalue weighted by Crippen LogP contribution is -2.20. The fourth-order valence-electron chi connectivity index (χ4n) is 1.90. The second-order valence-electron chi connectivity index (χ2n) is 3.53. The highest BCUT2D eigenvalue weighted by Gasteiger charge is 2.34. The first-order valence-electron chi connectivity index (χ1n) is 4.66. The fourth-order valence-corrected chi connectivity index (χ4v) is 2.69.